The minimum absolute atomic E-state index is 0.00274. The highest BCUT2D eigenvalue weighted by atomic mass is 35.5. The van der Waals surface area contributed by atoms with Gasteiger partial charge in [0.1, 0.15) is 12.6 Å². The van der Waals surface area contributed by atoms with E-state index in [0.29, 0.717) is 6.54 Å². The number of nitrogens with one attached hydrogen (secondary N) is 1. The highest BCUT2D eigenvalue weighted by Gasteiger charge is 2.35. The molecule has 0 heterocycles. The number of rotatable bonds is 13. The van der Waals surface area contributed by atoms with Crippen LogP contribution >= 0.6 is 23.2 Å². The van der Waals surface area contributed by atoms with Gasteiger partial charge in [-0.2, -0.15) is 0 Å². The summed E-state index contributed by atoms with van der Waals surface area (Å²) in [5.74, 6) is -0.696. The Morgan fingerprint density at radius 3 is 2.04 bits per heavy atom. The lowest BCUT2D eigenvalue weighted by molar-refractivity contribution is -0.140. The van der Waals surface area contributed by atoms with Crippen molar-refractivity contribution < 1.29 is 18.0 Å². The fourth-order valence-electron chi connectivity index (χ4n) is 5.00. The first-order valence-electron chi connectivity index (χ1n) is 15.1. The number of anilines is 1. The van der Waals surface area contributed by atoms with E-state index in [0.717, 1.165) is 26.6 Å². The normalized spacial score (nSPS) is 12.1. The molecule has 0 fully saturated rings. The summed E-state index contributed by atoms with van der Waals surface area (Å²) in [6, 6.07) is 26.9. The molecule has 0 spiro atoms. The SMILES string of the molecule is Cc1ccc(S(=O)(=O)N(CC(=O)N(Cc2ccccc2C)C(Cc2ccccc2)C(=O)NCC(C)C)c2cc(Cl)cc(Cl)c2)cc1. The Kier molecular flexibility index (Phi) is 11.9. The van der Waals surface area contributed by atoms with Gasteiger partial charge in [0.25, 0.3) is 10.0 Å². The lowest BCUT2D eigenvalue weighted by Crippen LogP contribution is -2.53. The fraction of sp³-hybridized carbons (Fsp3) is 0.278. The van der Waals surface area contributed by atoms with Gasteiger partial charge in [-0.3, -0.25) is 13.9 Å². The molecule has 0 aromatic heterocycles. The van der Waals surface area contributed by atoms with Gasteiger partial charge in [-0.15, -0.1) is 0 Å². The molecule has 0 radical (unpaired) electrons. The number of hydrogen-bond donors (Lipinski definition) is 1. The lowest BCUT2D eigenvalue weighted by Gasteiger charge is -2.34. The second-order valence-electron chi connectivity index (χ2n) is 11.7. The summed E-state index contributed by atoms with van der Waals surface area (Å²) < 4.78 is 29.4. The van der Waals surface area contributed by atoms with Crippen LogP contribution in [0.1, 0.15) is 36.1 Å². The van der Waals surface area contributed by atoms with Crippen LogP contribution in [-0.4, -0.2) is 44.3 Å². The Labute approximate surface area is 282 Å². The van der Waals surface area contributed by atoms with Crippen LogP contribution in [0.25, 0.3) is 0 Å². The smallest absolute Gasteiger partial charge is 0.264 e. The van der Waals surface area contributed by atoms with E-state index in [1.165, 1.54) is 35.2 Å². The zero-order valence-corrected chi connectivity index (χ0v) is 28.7. The second kappa shape index (κ2) is 15.6. The molecule has 7 nitrogen and oxygen atoms in total. The largest absolute Gasteiger partial charge is 0.354 e. The fourth-order valence-corrected chi connectivity index (χ4v) is 6.91. The number of carbonyl (C=O) groups excluding carboxylic acids is 2. The molecule has 0 aliphatic rings. The van der Waals surface area contributed by atoms with Crippen molar-refractivity contribution in [3.8, 4) is 0 Å². The topological polar surface area (TPSA) is 86.8 Å². The van der Waals surface area contributed by atoms with Crippen molar-refractivity contribution in [2.45, 2.75) is 51.6 Å². The van der Waals surface area contributed by atoms with Crippen molar-refractivity contribution in [3.63, 3.8) is 0 Å². The third-order valence-electron chi connectivity index (χ3n) is 7.58. The van der Waals surface area contributed by atoms with Crippen LogP contribution in [0.3, 0.4) is 0 Å². The van der Waals surface area contributed by atoms with E-state index < -0.39 is 28.5 Å². The van der Waals surface area contributed by atoms with Gasteiger partial charge in [-0.1, -0.05) is 109 Å². The van der Waals surface area contributed by atoms with E-state index >= 15 is 0 Å². The van der Waals surface area contributed by atoms with Gasteiger partial charge in [0.2, 0.25) is 11.8 Å². The first-order chi connectivity index (χ1) is 21.8. The molecule has 0 saturated carbocycles. The quantitative estimate of drug-likeness (QED) is 0.162. The van der Waals surface area contributed by atoms with Crippen LogP contribution in [0.2, 0.25) is 10.0 Å². The predicted octanol–water partition coefficient (Wildman–Crippen LogP) is 7.22. The molecule has 2 amide bonds. The zero-order valence-electron chi connectivity index (χ0n) is 26.4. The van der Waals surface area contributed by atoms with Crippen molar-refractivity contribution in [2.75, 3.05) is 17.4 Å². The van der Waals surface area contributed by atoms with E-state index in [4.69, 9.17) is 23.2 Å². The Hall–Kier alpha value is -3.85. The number of sulfonamides is 1. The van der Waals surface area contributed by atoms with Gasteiger partial charge < -0.3 is 10.2 Å². The summed E-state index contributed by atoms with van der Waals surface area (Å²) in [4.78, 5) is 30.0. The molecular weight excluding hydrogens is 641 g/mol. The summed E-state index contributed by atoms with van der Waals surface area (Å²) in [5.41, 5.74) is 3.65. The van der Waals surface area contributed by atoms with E-state index in [9.17, 15) is 18.0 Å². The third kappa shape index (κ3) is 9.12. The van der Waals surface area contributed by atoms with Gasteiger partial charge in [0.15, 0.2) is 0 Å². The maximum absolute atomic E-state index is 14.6. The number of nitrogens with zero attached hydrogens (tertiary/aromatic N) is 2. The van der Waals surface area contributed by atoms with Crippen molar-refractivity contribution in [1.82, 2.24) is 10.2 Å². The number of halogens is 2. The predicted molar refractivity (Wildman–Crippen MR) is 186 cm³/mol. The van der Waals surface area contributed by atoms with Crippen molar-refractivity contribution in [3.05, 3.63) is 129 Å². The number of amides is 2. The van der Waals surface area contributed by atoms with E-state index in [2.05, 4.69) is 5.32 Å². The maximum Gasteiger partial charge on any atom is 0.264 e. The van der Waals surface area contributed by atoms with Gasteiger partial charge in [0.05, 0.1) is 10.6 Å². The lowest BCUT2D eigenvalue weighted by atomic mass is 10.0. The molecule has 46 heavy (non-hydrogen) atoms. The molecule has 0 aliphatic heterocycles. The van der Waals surface area contributed by atoms with Crippen LogP contribution < -0.4 is 9.62 Å². The van der Waals surface area contributed by atoms with Crippen molar-refractivity contribution in [2.24, 2.45) is 5.92 Å². The Balaban J connectivity index is 1.83. The summed E-state index contributed by atoms with van der Waals surface area (Å²) >= 11 is 12.6. The second-order valence-corrected chi connectivity index (χ2v) is 14.5. The Morgan fingerprint density at radius 1 is 0.826 bits per heavy atom. The summed E-state index contributed by atoms with van der Waals surface area (Å²) in [6.45, 7) is 7.69. The maximum atomic E-state index is 14.6. The molecule has 4 aromatic rings. The Bertz CT molecular complexity index is 1740. The molecule has 1 atom stereocenters. The summed E-state index contributed by atoms with van der Waals surface area (Å²) in [5, 5.41) is 3.43. The van der Waals surface area contributed by atoms with Crippen LogP contribution in [-0.2, 0) is 32.6 Å². The first kappa shape index (κ1) is 35.0. The van der Waals surface area contributed by atoms with Gasteiger partial charge in [0, 0.05) is 29.6 Å². The van der Waals surface area contributed by atoms with Crippen LogP contribution in [0.4, 0.5) is 5.69 Å². The highest BCUT2D eigenvalue weighted by Crippen LogP contribution is 2.30. The molecule has 0 aliphatic carbocycles. The van der Waals surface area contributed by atoms with E-state index in [-0.39, 0.29) is 45.4 Å². The minimum atomic E-state index is -4.27. The summed E-state index contributed by atoms with van der Waals surface area (Å²) in [6.07, 6.45) is 0.232. The third-order valence-corrected chi connectivity index (χ3v) is 9.81. The first-order valence-corrected chi connectivity index (χ1v) is 17.3. The van der Waals surface area contributed by atoms with Gasteiger partial charge >= 0.3 is 0 Å². The molecule has 10 heteroatoms. The number of hydrogen-bond acceptors (Lipinski definition) is 4. The van der Waals surface area contributed by atoms with Crippen LogP contribution in [0, 0.1) is 19.8 Å². The molecule has 0 saturated heterocycles. The number of carbonyl (C=O) groups is 2. The number of benzene rings is 4. The average molecular weight is 681 g/mol. The molecule has 1 unspecified atom stereocenters. The van der Waals surface area contributed by atoms with Gasteiger partial charge in [-0.05, 0) is 66.8 Å². The average Bonchev–Trinajstić information content (AvgIpc) is 3.01. The highest BCUT2D eigenvalue weighted by molar-refractivity contribution is 7.92. The van der Waals surface area contributed by atoms with Crippen molar-refractivity contribution >= 4 is 50.7 Å². The zero-order chi connectivity index (χ0) is 33.4. The molecular formula is C36H39Cl2N3O4S. The molecule has 4 aromatic carbocycles. The van der Waals surface area contributed by atoms with Crippen molar-refractivity contribution in [1.29, 1.82) is 0 Å². The Morgan fingerprint density at radius 2 is 1.43 bits per heavy atom. The molecule has 242 valence electrons. The standard InChI is InChI=1S/C36H39Cl2N3O4S/c1-25(2)22-39-36(43)34(18-28-11-6-5-7-12-28)40(23-29-13-9-8-10-27(29)4)35(42)24-41(32-20-30(37)19-31(38)21-32)46(44,45)33-16-14-26(3)15-17-33/h5-17,19-21,25,34H,18,22-24H2,1-4H3,(H,39,43). The monoisotopic (exact) mass is 679 g/mol. The van der Waals surface area contributed by atoms with E-state index in [1.807, 2.05) is 82.3 Å². The van der Waals surface area contributed by atoms with Crippen LogP contribution in [0.5, 0.6) is 0 Å². The molecule has 1 N–H and O–H groups in total. The molecule has 0 bridgehead atoms. The van der Waals surface area contributed by atoms with Crippen LogP contribution in [0.15, 0.2) is 102 Å². The molecule has 4 rings (SSSR count). The number of aryl methyl sites for hydroxylation is 2. The van der Waals surface area contributed by atoms with Gasteiger partial charge in [-0.25, -0.2) is 8.42 Å². The summed E-state index contributed by atoms with van der Waals surface area (Å²) in [7, 11) is -4.27. The minimum Gasteiger partial charge on any atom is -0.354 e. The van der Waals surface area contributed by atoms with E-state index in [1.54, 1.807) is 12.1 Å².